The predicted octanol–water partition coefficient (Wildman–Crippen LogP) is 5.60. The number of rotatable bonds is 16. The van der Waals surface area contributed by atoms with Crippen molar-refractivity contribution in [3.63, 3.8) is 0 Å². The topological polar surface area (TPSA) is 221 Å². The number of benzene rings is 4. The molecule has 0 saturated heterocycles. The molecule has 0 atom stereocenters. The third-order valence-corrected chi connectivity index (χ3v) is 11.7. The van der Waals surface area contributed by atoms with Crippen molar-refractivity contribution in [3.05, 3.63) is 144 Å². The van der Waals surface area contributed by atoms with Crippen molar-refractivity contribution in [3.8, 4) is 11.4 Å². The van der Waals surface area contributed by atoms with E-state index in [4.69, 9.17) is 9.47 Å². The zero-order chi connectivity index (χ0) is 41.2. The van der Waals surface area contributed by atoms with Crippen LogP contribution in [-0.2, 0) is 42.7 Å². The number of sulfonamides is 2. The number of nitrogens with zero attached hydrogens (tertiary/aromatic N) is 4. The lowest BCUT2D eigenvalue weighted by atomic mass is 9.92. The second-order valence-corrected chi connectivity index (χ2v) is 16.5. The highest BCUT2D eigenvalue weighted by Gasteiger charge is 2.31. The molecule has 16 nitrogen and oxygen atoms in total. The monoisotopic (exact) mass is 834 g/mol. The summed E-state index contributed by atoms with van der Waals surface area (Å²) in [6.07, 6.45) is 5.11. The fraction of sp³-hybridized carbons (Fsp3) is 0.158. The molecule has 2 heterocycles. The van der Waals surface area contributed by atoms with Crippen LogP contribution >= 0.6 is 0 Å². The van der Waals surface area contributed by atoms with Gasteiger partial charge in [-0.1, -0.05) is 12.1 Å². The van der Waals surface area contributed by atoms with Gasteiger partial charge < -0.3 is 19.7 Å². The molecule has 0 bridgehead atoms. The quantitative estimate of drug-likeness (QED) is 0.0937. The molecular weight excluding hydrogens is 803 g/mol. The molecule has 1 saturated carbocycles. The SMILES string of the molecule is O=C(O)c1cc(COC2CC(OCc3ccc(NS(=O)(=O)c4cnn(-c5ccc(F)cc5)c4)c(C(=O)O)c3)C2)ccc1NS(=O)(=O)c1cnn(-c2ccc(F)cc2)c1. The van der Waals surface area contributed by atoms with E-state index in [-0.39, 0.29) is 57.7 Å². The summed E-state index contributed by atoms with van der Waals surface area (Å²) in [5.74, 6) is -3.68. The number of carboxylic acid groups (broad SMARTS) is 2. The minimum absolute atomic E-state index is 0.0293. The van der Waals surface area contributed by atoms with Crippen molar-refractivity contribution < 1.29 is 54.9 Å². The Morgan fingerprint density at radius 1 is 0.638 bits per heavy atom. The molecule has 1 fully saturated rings. The Labute approximate surface area is 329 Å². The van der Waals surface area contributed by atoms with Gasteiger partial charge in [-0.2, -0.15) is 10.2 Å². The van der Waals surface area contributed by atoms with E-state index in [0.29, 0.717) is 35.3 Å². The summed E-state index contributed by atoms with van der Waals surface area (Å²) in [6.45, 7) is 0.0585. The van der Waals surface area contributed by atoms with Crippen LogP contribution in [0.4, 0.5) is 20.2 Å². The first-order valence-corrected chi connectivity index (χ1v) is 20.2. The first-order chi connectivity index (χ1) is 27.6. The number of nitrogens with one attached hydrogen (secondary N) is 2. The fourth-order valence-electron chi connectivity index (χ4n) is 5.88. The normalized spacial score (nSPS) is 15.4. The molecule has 1 aliphatic carbocycles. The van der Waals surface area contributed by atoms with Crippen molar-refractivity contribution in [1.29, 1.82) is 0 Å². The number of carboxylic acids is 2. The molecule has 7 rings (SSSR count). The van der Waals surface area contributed by atoms with Crippen molar-refractivity contribution in [2.75, 3.05) is 9.44 Å². The summed E-state index contributed by atoms with van der Waals surface area (Å²) in [5.41, 5.74) is 0.845. The zero-order valence-corrected chi connectivity index (χ0v) is 31.5. The van der Waals surface area contributed by atoms with Crippen LogP contribution in [0.25, 0.3) is 11.4 Å². The van der Waals surface area contributed by atoms with E-state index in [9.17, 15) is 45.4 Å². The number of ether oxygens (including phenoxy) is 2. The zero-order valence-electron chi connectivity index (χ0n) is 29.9. The van der Waals surface area contributed by atoms with Crippen LogP contribution in [-0.4, -0.2) is 70.8 Å². The van der Waals surface area contributed by atoms with Crippen LogP contribution in [0, 0.1) is 11.6 Å². The molecule has 0 amide bonds. The molecule has 4 aromatic carbocycles. The van der Waals surface area contributed by atoms with Gasteiger partial charge >= 0.3 is 11.9 Å². The second kappa shape index (κ2) is 16.2. The number of anilines is 2. The number of aromatic carboxylic acids is 2. The van der Waals surface area contributed by atoms with E-state index in [2.05, 4.69) is 19.6 Å². The van der Waals surface area contributed by atoms with Gasteiger partial charge in [0.05, 0.1) is 84.1 Å². The summed E-state index contributed by atoms with van der Waals surface area (Å²) < 4.78 is 97.8. The molecule has 0 spiro atoms. The minimum atomic E-state index is -4.25. The van der Waals surface area contributed by atoms with Gasteiger partial charge in [0.25, 0.3) is 20.0 Å². The highest BCUT2D eigenvalue weighted by molar-refractivity contribution is 7.93. The summed E-state index contributed by atoms with van der Waals surface area (Å²) in [7, 11) is -8.50. The Kier molecular flexibility index (Phi) is 11.1. The second-order valence-electron chi connectivity index (χ2n) is 13.1. The van der Waals surface area contributed by atoms with Gasteiger partial charge in [0, 0.05) is 0 Å². The van der Waals surface area contributed by atoms with Gasteiger partial charge in [-0.05, 0) is 96.8 Å². The number of hydrogen-bond donors (Lipinski definition) is 4. The lowest BCUT2D eigenvalue weighted by Crippen LogP contribution is -2.37. The highest BCUT2D eigenvalue weighted by Crippen LogP contribution is 2.30. The van der Waals surface area contributed by atoms with E-state index in [1.165, 1.54) is 107 Å². The number of halogens is 2. The first-order valence-electron chi connectivity index (χ1n) is 17.3. The smallest absolute Gasteiger partial charge is 0.337 e. The van der Waals surface area contributed by atoms with E-state index >= 15 is 0 Å². The third-order valence-electron chi connectivity index (χ3n) is 9.06. The van der Waals surface area contributed by atoms with Crippen molar-refractivity contribution in [1.82, 2.24) is 19.6 Å². The van der Waals surface area contributed by atoms with Crippen LogP contribution in [0.15, 0.2) is 120 Å². The van der Waals surface area contributed by atoms with Crippen LogP contribution in [0.3, 0.4) is 0 Å². The molecule has 0 aliphatic heterocycles. The molecule has 0 radical (unpaired) electrons. The molecule has 2 aromatic heterocycles. The fourth-order valence-corrected chi connectivity index (χ4v) is 7.90. The Hall–Kier alpha value is -6.48. The molecule has 0 unspecified atom stereocenters. The third kappa shape index (κ3) is 9.05. The molecule has 1 aliphatic rings. The summed E-state index contributed by atoms with van der Waals surface area (Å²) in [6, 6.07) is 18.8. The Balaban J connectivity index is 0.906. The van der Waals surface area contributed by atoms with E-state index in [1.54, 1.807) is 0 Å². The van der Waals surface area contributed by atoms with E-state index in [0.717, 1.165) is 12.4 Å². The largest absolute Gasteiger partial charge is 0.478 e. The van der Waals surface area contributed by atoms with Crippen LogP contribution < -0.4 is 9.44 Å². The highest BCUT2D eigenvalue weighted by atomic mass is 32.2. The summed E-state index contributed by atoms with van der Waals surface area (Å²) in [5, 5.41) is 27.7. The van der Waals surface area contributed by atoms with E-state index in [1.807, 2.05) is 0 Å². The van der Waals surface area contributed by atoms with Crippen molar-refractivity contribution >= 4 is 43.4 Å². The van der Waals surface area contributed by atoms with Gasteiger partial charge in [0.15, 0.2) is 0 Å². The maximum absolute atomic E-state index is 13.3. The van der Waals surface area contributed by atoms with Crippen LogP contribution in [0.5, 0.6) is 0 Å². The summed E-state index contributed by atoms with van der Waals surface area (Å²) >= 11 is 0. The van der Waals surface area contributed by atoms with Gasteiger partial charge in [-0.15, -0.1) is 0 Å². The first kappa shape index (κ1) is 39.7. The van der Waals surface area contributed by atoms with E-state index < -0.39 is 43.6 Å². The van der Waals surface area contributed by atoms with Crippen molar-refractivity contribution in [2.45, 2.75) is 48.1 Å². The predicted molar refractivity (Wildman–Crippen MR) is 202 cm³/mol. The number of carbonyl (C=O) groups is 2. The standard InChI is InChI=1S/C38H32F2N6O10S2/c39-25-3-7-27(8-4-25)45-19-31(17-41-45)57(51,52)43-35-11-1-23(13-33(35)37(47)48)21-55-29-15-30(16-29)56-22-24-2-12-36(34(14-24)38(49)50)44-58(53,54)32-18-42-46(20-32)28-9-5-26(40)6-10-28/h1-14,17-20,29-30,43-44H,15-16,21-22H2,(H,47,48)(H,49,50). The molecule has 58 heavy (non-hydrogen) atoms. The minimum Gasteiger partial charge on any atom is -0.478 e. The lowest BCUT2D eigenvalue weighted by Gasteiger charge is -2.35. The summed E-state index contributed by atoms with van der Waals surface area (Å²) in [4.78, 5) is 23.7. The van der Waals surface area contributed by atoms with Crippen LogP contribution in [0.2, 0.25) is 0 Å². The van der Waals surface area contributed by atoms with Crippen LogP contribution in [0.1, 0.15) is 44.7 Å². The number of aromatic nitrogens is 4. The average Bonchev–Trinajstić information content (AvgIpc) is 3.88. The van der Waals surface area contributed by atoms with Gasteiger partial charge in [-0.3, -0.25) is 9.44 Å². The molecule has 300 valence electrons. The maximum Gasteiger partial charge on any atom is 0.337 e. The van der Waals surface area contributed by atoms with Gasteiger partial charge in [0.1, 0.15) is 21.4 Å². The molecule has 6 aromatic rings. The molecule has 20 heteroatoms. The van der Waals surface area contributed by atoms with Gasteiger partial charge in [0.2, 0.25) is 0 Å². The Morgan fingerprint density at radius 2 is 1.02 bits per heavy atom. The maximum atomic E-state index is 13.3. The van der Waals surface area contributed by atoms with Crippen molar-refractivity contribution in [2.24, 2.45) is 0 Å². The lowest BCUT2D eigenvalue weighted by molar-refractivity contribution is -0.111. The molecule has 4 N–H and O–H groups in total. The van der Waals surface area contributed by atoms with Gasteiger partial charge in [-0.25, -0.2) is 44.6 Å². The average molecular weight is 835 g/mol. The number of hydrogen-bond acceptors (Lipinski definition) is 10. The Bertz CT molecular complexity index is 2530. The molecular formula is C38H32F2N6O10S2. The Morgan fingerprint density at radius 3 is 1.38 bits per heavy atom.